The quantitative estimate of drug-likeness (QED) is 0.228. The number of aryl methyl sites for hydroxylation is 2. The van der Waals surface area contributed by atoms with E-state index in [1.54, 1.807) is 48.8 Å². The lowest BCUT2D eigenvalue weighted by Gasteiger charge is -2.36. The Balaban J connectivity index is 1.29. The number of carbonyl (C=O) groups excluding carboxylic acids is 2. The summed E-state index contributed by atoms with van der Waals surface area (Å²) in [5.74, 6) is -0.839. The van der Waals surface area contributed by atoms with Gasteiger partial charge in [-0.1, -0.05) is 18.5 Å². The standard InChI is InChI=1S/C35H33ClF3N11O5/c1-5-24-29(47-8-10-48(11-9-47)32(53)28-30(52)18(2)40-17-41-28)33(54)50-34(43-31(45-50)19-12-20-15-46(3)44-27(20)25(13-19)55-4)49(24)16-26(51)42-23-7-6-21(14-22(23)36)35(37,38)39/h6-7,12-15,17,52H,5,8-11,16H2,1-4H3,(H,42,51). The summed E-state index contributed by atoms with van der Waals surface area (Å²) >= 11 is 6.15. The zero-order valence-electron chi connectivity index (χ0n) is 29.8. The van der Waals surface area contributed by atoms with Crippen LogP contribution < -0.4 is 20.5 Å². The number of aromatic nitrogens is 8. The molecule has 0 radical (unpaired) electrons. The van der Waals surface area contributed by atoms with Gasteiger partial charge in [0.2, 0.25) is 11.7 Å². The molecule has 0 aliphatic carbocycles. The first-order valence-corrected chi connectivity index (χ1v) is 17.3. The third-order valence-electron chi connectivity index (χ3n) is 9.29. The average Bonchev–Trinajstić information content (AvgIpc) is 3.77. The number of rotatable bonds is 8. The predicted molar refractivity (Wildman–Crippen MR) is 195 cm³/mol. The van der Waals surface area contributed by atoms with Crippen molar-refractivity contribution in [3.05, 3.63) is 80.9 Å². The van der Waals surface area contributed by atoms with Crippen molar-refractivity contribution >= 4 is 51.5 Å². The van der Waals surface area contributed by atoms with E-state index in [0.29, 0.717) is 22.5 Å². The Morgan fingerprint density at radius 2 is 1.82 bits per heavy atom. The van der Waals surface area contributed by atoms with Gasteiger partial charge in [0.05, 0.1) is 34.8 Å². The first-order chi connectivity index (χ1) is 26.2. The highest BCUT2D eigenvalue weighted by molar-refractivity contribution is 6.33. The molecule has 0 bridgehead atoms. The van der Waals surface area contributed by atoms with Gasteiger partial charge in [0.15, 0.2) is 17.3 Å². The number of hydrogen-bond acceptors (Lipinski definition) is 11. The molecular weight excluding hydrogens is 747 g/mol. The molecule has 1 aliphatic rings. The lowest BCUT2D eigenvalue weighted by molar-refractivity contribution is -0.137. The number of benzene rings is 2. The molecule has 5 heterocycles. The molecule has 1 aliphatic heterocycles. The van der Waals surface area contributed by atoms with E-state index in [2.05, 4.69) is 25.5 Å². The van der Waals surface area contributed by atoms with Crippen LogP contribution in [-0.4, -0.2) is 94.0 Å². The summed E-state index contributed by atoms with van der Waals surface area (Å²) in [7, 11) is 3.27. The number of methoxy groups -OCH3 is 1. The fourth-order valence-corrected chi connectivity index (χ4v) is 6.82. The molecule has 20 heteroatoms. The number of piperazine rings is 1. The molecule has 2 aromatic carbocycles. The summed E-state index contributed by atoms with van der Waals surface area (Å²) in [6.07, 6.45) is -1.40. The minimum Gasteiger partial charge on any atom is -0.504 e. The maximum Gasteiger partial charge on any atom is 0.416 e. The molecule has 0 unspecified atom stereocenters. The summed E-state index contributed by atoms with van der Waals surface area (Å²) < 4.78 is 49.7. The second kappa shape index (κ2) is 14.2. The van der Waals surface area contributed by atoms with E-state index in [1.165, 1.54) is 22.9 Å². The molecule has 286 valence electrons. The van der Waals surface area contributed by atoms with Crippen LogP contribution in [0.15, 0.2) is 47.7 Å². The summed E-state index contributed by atoms with van der Waals surface area (Å²) in [4.78, 5) is 57.3. The van der Waals surface area contributed by atoms with E-state index in [1.807, 2.05) is 0 Å². The third-order valence-corrected chi connectivity index (χ3v) is 9.60. The van der Waals surface area contributed by atoms with Crippen LogP contribution in [0.25, 0.3) is 28.1 Å². The number of carbonyl (C=O) groups is 2. The van der Waals surface area contributed by atoms with Crippen molar-refractivity contribution in [1.82, 2.24) is 43.8 Å². The highest BCUT2D eigenvalue weighted by Gasteiger charge is 2.32. The van der Waals surface area contributed by atoms with Crippen LogP contribution in [0.5, 0.6) is 11.5 Å². The second-order valence-corrected chi connectivity index (χ2v) is 13.2. The number of nitrogens with one attached hydrogen (secondary N) is 1. The van der Waals surface area contributed by atoms with E-state index < -0.39 is 35.7 Å². The first kappa shape index (κ1) is 37.1. The number of anilines is 2. The molecule has 7 rings (SSSR count). The first-order valence-electron chi connectivity index (χ1n) is 16.9. The number of nitrogens with zero attached hydrogens (tertiary/aromatic N) is 10. The number of fused-ring (bicyclic) bond motifs is 2. The van der Waals surface area contributed by atoms with E-state index in [9.17, 15) is 32.7 Å². The van der Waals surface area contributed by atoms with Crippen molar-refractivity contribution in [2.24, 2.45) is 7.05 Å². The number of hydrogen-bond donors (Lipinski definition) is 2. The molecule has 2 amide bonds. The van der Waals surface area contributed by atoms with Crippen LogP contribution in [0.3, 0.4) is 0 Å². The summed E-state index contributed by atoms with van der Waals surface area (Å²) in [6, 6.07) is 6.08. The van der Waals surface area contributed by atoms with E-state index in [0.717, 1.165) is 28.1 Å². The maximum atomic E-state index is 14.4. The van der Waals surface area contributed by atoms with Gasteiger partial charge in [-0.3, -0.25) is 19.1 Å². The molecule has 55 heavy (non-hydrogen) atoms. The SMILES string of the molecule is CCc1c(N2CCN(C(=O)c3ncnc(C)c3O)CC2)c(=O)n2nc(-c3cc(OC)c4nn(C)cc4c3)nc2n1CC(=O)Nc1ccc(C(F)(F)F)cc1Cl. The minimum absolute atomic E-state index is 0.0305. The van der Waals surface area contributed by atoms with Crippen LogP contribution in [-0.2, 0) is 31.0 Å². The molecule has 16 nitrogen and oxygen atoms in total. The summed E-state index contributed by atoms with van der Waals surface area (Å²) in [5.41, 5.74) is 0.346. The number of halogens is 4. The van der Waals surface area contributed by atoms with Gasteiger partial charge in [0, 0.05) is 50.4 Å². The molecule has 4 aromatic heterocycles. The Morgan fingerprint density at radius 3 is 2.49 bits per heavy atom. The average molecular weight is 780 g/mol. The summed E-state index contributed by atoms with van der Waals surface area (Å²) in [6.45, 7) is 3.67. The van der Waals surface area contributed by atoms with Crippen molar-refractivity contribution in [3.63, 3.8) is 0 Å². The smallest absolute Gasteiger partial charge is 0.416 e. The largest absolute Gasteiger partial charge is 0.504 e. The predicted octanol–water partition coefficient (Wildman–Crippen LogP) is 4.09. The number of aromatic hydroxyl groups is 1. The molecule has 1 fully saturated rings. The molecule has 6 aromatic rings. The molecule has 0 saturated carbocycles. The fraction of sp³-hybridized carbons (Fsp3) is 0.314. The Morgan fingerprint density at radius 1 is 1.07 bits per heavy atom. The van der Waals surface area contributed by atoms with Gasteiger partial charge in [-0.05, 0) is 43.7 Å². The topological polar surface area (TPSA) is 178 Å². The number of amides is 2. The van der Waals surface area contributed by atoms with E-state index >= 15 is 0 Å². The Hall–Kier alpha value is -6.24. The second-order valence-electron chi connectivity index (χ2n) is 12.8. The molecule has 2 N–H and O–H groups in total. The van der Waals surface area contributed by atoms with Crippen LogP contribution in [0.4, 0.5) is 24.5 Å². The maximum absolute atomic E-state index is 14.4. The van der Waals surface area contributed by atoms with Crippen LogP contribution in [0.2, 0.25) is 5.02 Å². The van der Waals surface area contributed by atoms with Crippen molar-refractivity contribution in [3.8, 4) is 22.9 Å². The van der Waals surface area contributed by atoms with Crippen molar-refractivity contribution in [2.75, 3.05) is 43.5 Å². The van der Waals surface area contributed by atoms with Gasteiger partial charge >= 0.3 is 6.18 Å². The Labute approximate surface area is 314 Å². The highest BCUT2D eigenvalue weighted by atomic mass is 35.5. The lowest BCUT2D eigenvalue weighted by atomic mass is 10.1. The zero-order valence-corrected chi connectivity index (χ0v) is 30.6. The van der Waals surface area contributed by atoms with Crippen molar-refractivity contribution in [1.29, 1.82) is 0 Å². The van der Waals surface area contributed by atoms with Crippen LogP contribution in [0, 0.1) is 6.92 Å². The van der Waals surface area contributed by atoms with Crippen LogP contribution in [0.1, 0.15) is 34.4 Å². The Kier molecular flexibility index (Phi) is 9.58. The van der Waals surface area contributed by atoms with Crippen molar-refractivity contribution in [2.45, 2.75) is 33.0 Å². The van der Waals surface area contributed by atoms with E-state index in [4.69, 9.17) is 21.3 Å². The van der Waals surface area contributed by atoms with Crippen LogP contribution >= 0.6 is 11.6 Å². The Bertz CT molecular complexity index is 2560. The van der Waals surface area contributed by atoms with Crippen molar-refractivity contribution < 1.29 is 32.6 Å². The monoisotopic (exact) mass is 779 g/mol. The zero-order chi connectivity index (χ0) is 39.3. The lowest BCUT2D eigenvalue weighted by Crippen LogP contribution is -2.51. The van der Waals surface area contributed by atoms with Gasteiger partial charge in [-0.15, -0.1) is 5.10 Å². The van der Waals surface area contributed by atoms with Gasteiger partial charge in [-0.25, -0.2) is 9.97 Å². The molecule has 1 saturated heterocycles. The molecule has 0 spiro atoms. The summed E-state index contributed by atoms with van der Waals surface area (Å²) in [5, 5.41) is 22.4. The third kappa shape index (κ3) is 6.86. The van der Waals surface area contributed by atoms with E-state index in [-0.39, 0.29) is 77.7 Å². The normalized spacial score (nSPS) is 13.5. The van der Waals surface area contributed by atoms with Gasteiger partial charge in [0.25, 0.3) is 11.5 Å². The fourth-order valence-electron chi connectivity index (χ4n) is 6.59. The van der Waals surface area contributed by atoms with Gasteiger partial charge < -0.3 is 29.5 Å². The highest BCUT2D eigenvalue weighted by Crippen LogP contribution is 2.34. The molecule has 0 atom stereocenters. The number of ether oxygens (including phenoxy) is 1. The molecular formula is C35H33ClF3N11O5. The van der Waals surface area contributed by atoms with Gasteiger partial charge in [0.1, 0.15) is 29.8 Å². The minimum atomic E-state index is -4.63. The number of alkyl halides is 3. The van der Waals surface area contributed by atoms with Gasteiger partial charge in [-0.2, -0.15) is 27.8 Å².